The van der Waals surface area contributed by atoms with E-state index in [1.807, 2.05) is 13.8 Å². The molecule has 0 aromatic heterocycles. The van der Waals surface area contributed by atoms with Crippen LogP contribution in [0, 0.1) is 5.92 Å². The maximum absolute atomic E-state index is 12.0. The van der Waals surface area contributed by atoms with Gasteiger partial charge in [-0.25, -0.2) is 0 Å². The minimum atomic E-state index is -0.900. The molecule has 0 aromatic rings. The molecule has 1 saturated carbocycles. The quantitative estimate of drug-likeness (QED) is 0.758. The molecule has 0 radical (unpaired) electrons. The first-order valence-electron chi connectivity index (χ1n) is 7.16. The van der Waals surface area contributed by atoms with E-state index in [1.54, 1.807) is 0 Å². The molecule has 1 heterocycles. The summed E-state index contributed by atoms with van der Waals surface area (Å²) in [5.41, 5.74) is -0.900. The smallest absolute Gasteiger partial charge is 0.311 e. The van der Waals surface area contributed by atoms with Crippen LogP contribution in [0.15, 0.2) is 0 Å². The van der Waals surface area contributed by atoms with Crippen molar-refractivity contribution < 1.29 is 14.6 Å². The molecule has 0 amide bonds. The minimum Gasteiger partial charge on any atom is -0.466 e. The molecule has 0 spiro atoms. The van der Waals surface area contributed by atoms with Gasteiger partial charge in [0.2, 0.25) is 0 Å². The molecule has 4 nitrogen and oxygen atoms in total. The first kappa shape index (κ1) is 13.8. The number of rotatable bonds is 5. The first-order valence-corrected chi connectivity index (χ1v) is 7.16. The van der Waals surface area contributed by atoms with Gasteiger partial charge in [-0.05, 0) is 39.5 Å². The molecule has 2 rings (SSSR count). The van der Waals surface area contributed by atoms with Crippen molar-refractivity contribution in [1.82, 2.24) is 4.90 Å². The van der Waals surface area contributed by atoms with Gasteiger partial charge in [-0.2, -0.15) is 0 Å². The van der Waals surface area contributed by atoms with Crippen LogP contribution in [-0.4, -0.2) is 46.8 Å². The van der Waals surface area contributed by atoms with Gasteiger partial charge in [0.15, 0.2) is 0 Å². The van der Waals surface area contributed by atoms with Crippen LogP contribution in [0.4, 0.5) is 0 Å². The van der Waals surface area contributed by atoms with Crippen molar-refractivity contribution in [3.63, 3.8) is 0 Å². The Labute approximate surface area is 109 Å². The lowest BCUT2D eigenvalue weighted by atomic mass is 9.83. The molecule has 2 aliphatic rings. The Morgan fingerprint density at radius 2 is 2.17 bits per heavy atom. The van der Waals surface area contributed by atoms with Crippen LogP contribution in [0.25, 0.3) is 0 Å². The van der Waals surface area contributed by atoms with E-state index in [0.717, 1.165) is 0 Å². The fourth-order valence-corrected chi connectivity index (χ4v) is 3.32. The van der Waals surface area contributed by atoms with Gasteiger partial charge in [-0.3, -0.25) is 9.69 Å². The molecule has 1 saturated heterocycles. The van der Waals surface area contributed by atoms with Crippen LogP contribution >= 0.6 is 0 Å². The number of aliphatic hydroxyl groups is 1. The molecule has 2 fully saturated rings. The molecule has 3 atom stereocenters. The fraction of sp³-hybridized carbons (Fsp3) is 0.929. The van der Waals surface area contributed by atoms with Gasteiger partial charge in [0, 0.05) is 18.6 Å². The van der Waals surface area contributed by atoms with Gasteiger partial charge < -0.3 is 9.84 Å². The topological polar surface area (TPSA) is 49.8 Å². The summed E-state index contributed by atoms with van der Waals surface area (Å²) in [7, 11) is 0. The molecule has 1 aliphatic carbocycles. The standard InChI is InChI=1S/C14H25NO3/c1-4-12(13(16)18-5-2)14(17)8-10(3)15(9-14)11-6-7-11/h10-12,17H,4-9H2,1-3H3. The van der Waals surface area contributed by atoms with Gasteiger partial charge in [-0.1, -0.05) is 6.92 Å². The molecular formula is C14H25NO3. The Hall–Kier alpha value is -0.610. The molecule has 18 heavy (non-hydrogen) atoms. The number of carbonyl (C=O) groups excluding carboxylic acids is 1. The SMILES string of the molecule is CCOC(=O)C(CC)C1(O)CC(C)N(C2CC2)C1. The monoisotopic (exact) mass is 255 g/mol. The first-order chi connectivity index (χ1) is 8.51. The summed E-state index contributed by atoms with van der Waals surface area (Å²) in [6.07, 6.45) is 3.79. The number of nitrogens with zero attached hydrogens (tertiary/aromatic N) is 1. The maximum atomic E-state index is 12.0. The van der Waals surface area contributed by atoms with Crippen molar-refractivity contribution in [2.45, 2.75) is 64.1 Å². The van der Waals surface area contributed by atoms with Crippen molar-refractivity contribution in [3.05, 3.63) is 0 Å². The number of β-amino-alcohol motifs (C(OH)–C–C–N with tert-alkyl or cyclic N) is 1. The number of esters is 1. The Kier molecular flexibility index (Phi) is 3.97. The van der Waals surface area contributed by atoms with Crippen molar-refractivity contribution >= 4 is 5.97 Å². The van der Waals surface area contributed by atoms with E-state index in [-0.39, 0.29) is 11.9 Å². The Balaban J connectivity index is 2.07. The van der Waals surface area contributed by atoms with Crippen LogP contribution in [0.1, 0.15) is 46.5 Å². The highest BCUT2D eigenvalue weighted by Crippen LogP contribution is 2.41. The van der Waals surface area contributed by atoms with Gasteiger partial charge in [0.05, 0.1) is 18.1 Å². The molecule has 1 aliphatic heterocycles. The summed E-state index contributed by atoms with van der Waals surface area (Å²) in [6, 6.07) is 1.000. The van der Waals surface area contributed by atoms with Crippen LogP contribution in [-0.2, 0) is 9.53 Å². The van der Waals surface area contributed by atoms with Gasteiger partial charge in [0.1, 0.15) is 0 Å². The highest BCUT2D eigenvalue weighted by Gasteiger charge is 2.51. The van der Waals surface area contributed by atoms with E-state index in [1.165, 1.54) is 12.8 Å². The largest absolute Gasteiger partial charge is 0.466 e. The van der Waals surface area contributed by atoms with Crippen molar-refractivity contribution in [1.29, 1.82) is 0 Å². The number of carbonyl (C=O) groups is 1. The normalized spacial score (nSPS) is 34.6. The van der Waals surface area contributed by atoms with E-state index < -0.39 is 5.60 Å². The molecule has 104 valence electrons. The second-order valence-electron chi connectivity index (χ2n) is 5.77. The predicted octanol–water partition coefficient (Wildman–Crippen LogP) is 1.56. The van der Waals surface area contributed by atoms with E-state index in [2.05, 4.69) is 11.8 Å². The fourth-order valence-electron chi connectivity index (χ4n) is 3.32. The number of likely N-dealkylation sites (tertiary alicyclic amines) is 1. The number of hydrogen-bond donors (Lipinski definition) is 1. The van der Waals surface area contributed by atoms with Crippen molar-refractivity contribution in [2.75, 3.05) is 13.2 Å². The second-order valence-corrected chi connectivity index (χ2v) is 5.77. The zero-order chi connectivity index (χ0) is 13.3. The van der Waals surface area contributed by atoms with Crippen LogP contribution in [0.2, 0.25) is 0 Å². The van der Waals surface area contributed by atoms with Crippen LogP contribution < -0.4 is 0 Å². The van der Waals surface area contributed by atoms with E-state index >= 15 is 0 Å². The average molecular weight is 255 g/mol. The van der Waals surface area contributed by atoms with E-state index in [9.17, 15) is 9.90 Å². The molecule has 1 N–H and O–H groups in total. The third-order valence-corrected chi connectivity index (χ3v) is 4.32. The summed E-state index contributed by atoms with van der Waals surface area (Å²) in [4.78, 5) is 14.3. The second kappa shape index (κ2) is 5.17. The molecule has 0 bridgehead atoms. The predicted molar refractivity (Wildman–Crippen MR) is 69.2 cm³/mol. The van der Waals surface area contributed by atoms with Gasteiger partial charge in [0.25, 0.3) is 0 Å². The highest BCUT2D eigenvalue weighted by molar-refractivity contribution is 5.74. The maximum Gasteiger partial charge on any atom is 0.311 e. The number of ether oxygens (including phenoxy) is 1. The van der Waals surface area contributed by atoms with Crippen LogP contribution in [0.3, 0.4) is 0 Å². The number of hydrogen-bond acceptors (Lipinski definition) is 4. The van der Waals surface area contributed by atoms with Gasteiger partial charge in [-0.15, -0.1) is 0 Å². The lowest BCUT2D eigenvalue weighted by Gasteiger charge is -2.30. The van der Waals surface area contributed by atoms with Crippen molar-refractivity contribution in [3.8, 4) is 0 Å². The third-order valence-electron chi connectivity index (χ3n) is 4.32. The van der Waals surface area contributed by atoms with E-state index in [4.69, 9.17) is 4.74 Å². The summed E-state index contributed by atoms with van der Waals surface area (Å²) >= 11 is 0. The Morgan fingerprint density at radius 3 is 2.67 bits per heavy atom. The summed E-state index contributed by atoms with van der Waals surface area (Å²) < 4.78 is 5.10. The summed E-state index contributed by atoms with van der Waals surface area (Å²) in [5.74, 6) is -0.629. The lowest BCUT2D eigenvalue weighted by molar-refractivity contribution is -0.158. The highest BCUT2D eigenvalue weighted by atomic mass is 16.5. The zero-order valence-corrected chi connectivity index (χ0v) is 11.7. The van der Waals surface area contributed by atoms with Crippen LogP contribution in [0.5, 0.6) is 0 Å². The molecule has 3 unspecified atom stereocenters. The van der Waals surface area contributed by atoms with E-state index in [0.29, 0.717) is 38.1 Å². The zero-order valence-electron chi connectivity index (χ0n) is 11.7. The lowest BCUT2D eigenvalue weighted by Crippen LogP contribution is -2.45. The molecule has 0 aromatic carbocycles. The Bertz CT molecular complexity index is 316. The molecule has 4 heteroatoms. The minimum absolute atomic E-state index is 0.243. The third kappa shape index (κ3) is 2.54. The van der Waals surface area contributed by atoms with Gasteiger partial charge >= 0.3 is 5.97 Å². The summed E-state index contributed by atoms with van der Waals surface area (Å²) in [5, 5.41) is 10.8. The molecular weight excluding hydrogens is 230 g/mol. The summed E-state index contributed by atoms with van der Waals surface area (Å²) in [6.45, 7) is 6.91. The Morgan fingerprint density at radius 1 is 1.50 bits per heavy atom. The average Bonchev–Trinajstić information content (AvgIpc) is 3.07. The van der Waals surface area contributed by atoms with Crippen molar-refractivity contribution in [2.24, 2.45) is 5.92 Å².